The van der Waals surface area contributed by atoms with E-state index in [2.05, 4.69) is 5.10 Å². The predicted molar refractivity (Wildman–Crippen MR) is 107 cm³/mol. The predicted octanol–water partition coefficient (Wildman–Crippen LogP) is 3.65. The Morgan fingerprint density at radius 3 is 2.26 bits per heavy atom. The van der Waals surface area contributed by atoms with Crippen LogP contribution in [-0.4, -0.2) is 36.8 Å². The van der Waals surface area contributed by atoms with E-state index in [4.69, 9.17) is 5.11 Å². The molecule has 0 saturated carbocycles. The van der Waals surface area contributed by atoms with Crippen LogP contribution in [0.2, 0.25) is 0 Å². The summed E-state index contributed by atoms with van der Waals surface area (Å²) >= 11 is 0. The zero-order valence-corrected chi connectivity index (χ0v) is 15.5. The van der Waals surface area contributed by atoms with Gasteiger partial charge in [-0.25, -0.2) is 4.79 Å². The number of nitrogens with zero attached hydrogens (tertiary/aromatic N) is 3. The average Bonchev–Trinajstić information content (AvgIpc) is 2.98. The normalized spacial score (nSPS) is 15.2. The molecule has 1 aliphatic rings. The van der Waals surface area contributed by atoms with Crippen molar-refractivity contribution in [3.8, 4) is 0 Å². The third-order valence-electron chi connectivity index (χ3n) is 4.37. The summed E-state index contributed by atoms with van der Waals surface area (Å²) in [5, 5.41) is 14.8. The van der Waals surface area contributed by atoms with Crippen LogP contribution in [0.15, 0.2) is 59.2 Å². The molecular formula is C21H21N3O3. The van der Waals surface area contributed by atoms with Crippen LogP contribution < -0.4 is 9.91 Å². The molecule has 0 bridgehead atoms. The second-order valence-electron chi connectivity index (χ2n) is 6.41. The Bertz CT molecular complexity index is 926. The minimum atomic E-state index is -1.01. The first-order valence-corrected chi connectivity index (χ1v) is 8.65. The minimum Gasteiger partial charge on any atom is -0.478 e. The molecule has 0 saturated heterocycles. The van der Waals surface area contributed by atoms with Gasteiger partial charge in [0.05, 0.1) is 22.5 Å². The number of amides is 1. The maximum Gasteiger partial charge on any atom is 0.335 e. The van der Waals surface area contributed by atoms with Gasteiger partial charge in [-0.05, 0) is 54.5 Å². The van der Waals surface area contributed by atoms with E-state index in [1.165, 1.54) is 17.1 Å². The van der Waals surface area contributed by atoms with Gasteiger partial charge in [0.2, 0.25) is 0 Å². The maximum atomic E-state index is 12.9. The minimum absolute atomic E-state index is 0.168. The number of carboxylic acids is 1. The Morgan fingerprint density at radius 1 is 1.11 bits per heavy atom. The average molecular weight is 363 g/mol. The summed E-state index contributed by atoms with van der Waals surface area (Å²) in [4.78, 5) is 25.9. The zero-order chi connectivity index (χ0) is 19.6. The molecule has 1 aliphatic heterocycles. The lowest BCUT2D eigenvalue weighted by molar-refractivity contribution is -0.114. The number of benzene rings is 2. The van der Waals surface area contributed by atoms with Gasteiger partial charge in [0.1, 0.15) is 0 Å². The molecule has 0 atom stereocenters. The first kappa shape index (κ1) is 18.4. The van der Waals surface area contributed by atoms with Gasteiger partial charge in [0.15, 0.2) is 0 Å². The van der Waals surface area contributed by atoms with Crippen LogP contribution in [0, 0.1) is 0 Å². The zero-order valence-electron chi connectivity index (χ0n) is 15.5. The van der Waals surface area contributed by atoms with E-state index >= 15 is 0 Å². The van der Waals surface area contributed by atoms with Crippen molar-refractivity contribution in [3.05, 3.63) is 65.2 Å². The highest BCUT2D eigenvalue weighted by molar-refractivity contribution is 6.32. The summed E-state index contributed by atoms with van der Waals surface area (Å²) in [7, 11) is 3.95. The number of rotatable bonds is 5. The molecule has 138 valence electrons. The fourth-order valence-electron chi connectivity index (χ4n) is 2.82. The molecule has 0 spiro atoms. The van der Waals surface area contributed by atoms with Crippen LogP contribution in [0.1, 0.15) is 29.3 Å². The van der Waals surface area contributed by atoms with E-state index in [1.54, 1.807) is 12.1 Å². The number of carbonyl (C=O) groups excluding carboxylic acids is 1. The molecule has 2 aromatic carbocycles. The van der Waals surface area contributed by atoms with Crippen molar-refractivity contribution in [2.75, 3.05) is 24.0 Å². The van der Waals surface area contributed by atoms with Crippen molar-refractivity contribution in [2.45, 2.75) is 13.3 Å². The van der Waals surface area contributed by atoms with Gasteiger partial charge in [0.25, 0.3) is 5.91 Å². The topological polar surface area (TPSA) is 73.2 Å². The molecule has 6 nitrogen and oxygen atoms in total. The molecule has 2 aromatic rings. The van der Waals surface area contributed by atoms with Crippen LogP contribution in [0.25, 0.3) is 6.08 Å². The van der Waals surface area contributed by atoms with Crippen LogP contribution in [0.3, 0.4) is 0 Å². The molecular weight excluding hydrogens is 342 g/mol. The Kier molecular flexibility index (Phi) is 5.07. The highest BCUT2D eigenvalue weighted by Gasteiger charge is 2.30. The maximum absolute atomic E-state index is 12.9. The van der Waals surface area contributed by atoms with E-state index < -0.39 is 5.97 Å². The van der Waals surface area contributed by atoms with E-state index in [9.17, 15) is 9.59 Å². The number of carboxylic acid groups (broad SMARTS) is 1. The first-order valence-electron chi connectivity index (χ1n) is 8.65. The molecule has 0 fully saturated rings. The van der Waals surface area contributed by atoms with Crippen molar-refractivity contribution in [1.29, 1.82) is 0 Å². The first-order chi connectivity index (χ1) is 12.9. The Balaban J connectivity index is 1.90. The molecule has 27 heavy (non-hydrogen) atoms. The molecule has 3 rings (SSSR count). The van der Waals surface area contributed by atoms with Crippen molar-refractivity contribution in [3.63, 3.8) is 0 Å². The quantitative estimate of drug-likeness (QED) is 0.823. The SMILES string of the molecule is CCC1=NN(c2ccc(C(=O)O)cc2)C(=O)C1=Cc1ccc(N(C)C)cc1. The van der Waals surface area contributed by atoms with Gasteiger partial charge in [-0.2, -0.15) is 10.1 Å². The summed E-state index contributed by atoms with van der Waals surface area (Å²) in [6.45, 7) is 1.95. The largest absolute Gasteiger partial charge is 0.478 e. The van der Waals surface area contributed by atoms with Crippen LogP contribution in [0.4, 0.5) is 11.4 Å². The number of hydrogen-bond donors (Lipinski definition) is 1. The number of carbonyl (C=O) groups is 2. The third kappa shape index (κ3) is 3.74. The molecule has 6 heteroatoms. The molecule has 1 amide bonds. The number of hydrogen-bond acceptors (Lipinski definition) is 4. The van der Waals surface area contributed by atoms with Gasteiger partial charge in [-0.3, -0.25) is 4.79 Å². The Hall–Kier alpha value is -3.41. The van der Waals surface area contributed by atoms with E-state index in [0.29, 0.717) is 23.4 Å². The van der Waals surface area contributed by atoms with Gasteiger partial charge in [0, 0.05) is 19.8 Å². The van der Waals surface area contributed by atoms with E-state index in [1.807, 2.05) is 56.3 Å². The molecule has 0 radical (unpaired) electrons. The Morgan fingerprint density at radius 2 is 1.74 bits per heavy atom. The number of aromatic carboxylic acids is 1. The summed E-state index contributed by atoms with van der Waals surface area (Å²) < 4.78 is 0. The second-order valence-corrected chi connectivity index (χ2v) is 6.41. The second kappa shape index (κ2) is 7.45. The molecule has 1 N–H and O–H groups in total. The monoisotopic (exact) mass is 363 g/mol. The highest BCUT2D eigenvalue weighted by Crippen LogP contribution is 2.27. The molecule has 0 unspecified atom stereocenters. The lowest BCUT2D eigenvalue weighted by atomic mass is 10.0. The van der Waals surface area contributed by atoms with Crippen molar-refractivity contribution >= 4 is 35.0 Å². The van der Waals surface area contributed by atoms with Crippen molar-refractivity contribution in [2.24, 2.45) is 5.10 Å². The van der Waals surface area contributed by atoms with Crippen LogP contribution in [0.5, 0.6) is 0 Å². The fraction of sp³-hybridized carbons (Fsp3) is 0.190. The molecule has 0 aliphatic carbocycles. The Labute approximate surface area is 158 Å². The van der Waals surface area contributed by atoms with E-state index in [0.717, 1.165) is 11.3 Å². The molecule has 1 heterocycles. The number of anilines is 2. The number of hydrazone groups is 1. The van der Waals surface area contributed by atoms with Gasteiger partial charge in [-0.1, -0.05) is 19.1 Å². The summed E-state index contributed by atoms with van der Waals surface area (Å²) in [5.74, 6) is -1.22. The van der Waals surface area contributed by atoms with Gasteiger partial charge in [-0.15, -0.1) is 0 Å². The van der Waals surface area contributed by atoms with Gasteiger partial charge < -0.3 is 10.0 Å². The van der Waals surface area contributed by atoms with Crippen molar-refractivity contribution in [1.82, 2.24) is 0 Å². The lowest BCUT2D eigenvalue weighted by Gasteiger charge is -2.12. The van der Waals surface area contributed by atoms with Gasteiger partial charge >= 0.3 is 5.97 Å². The summed E-state index contributed by atoms with van der Waals surface area (Å²) in [5.41, 5.74) is 3.98. The fourth-order valence-corrected chi connectivity index (χ4v) is 2.82. The lowest BCUT2D eigenvalue weighted by Crippen LogP contribution is -2.21. The summed E-state index contributed by atoms with van der Waals surface area (Å²) in [6.07, 6.45) is 2.47. The highest BCUT2D eigenvalue weighted by atomic mass is 16.4. The van der Waals surface area contributed by atoms with Crippen LogP contribution in [-0.2, 0) is 4.79 Å². The van der Waals surface area contributed by atoms with Crippen molar-refractivity contribution < 1.29 is 14.7 Å². The summed E-state index contributed by atoms with van der Waals surface area (Å²) in [6, 6.07) is 14.0. The standard InChI is InChI=1S/C21H21N3O3/c1-4-19-18(13-14-5-9-16(10-6-14)23(2)3)20(25)24(22-19)17-11-7-15(8-12-17)21(26)27/h5-13H,4H2,1-3H3,(H,26,27). The third-order valence-corrected chi connectivity index (χ3v) is 4.37. The smallest absolute Gasteiger partial charge is 0.335 e. The molecule has 0 aromatic heterocycles. The van der Waals surface area contributed by atoms with Crippen LogP contribution >= 0.6 is 0 Å². The van der Waals surface area contributed by atoms with E-state index in [-0.39, 0.29) is 11.5 Å².